The Morgan fingerprint density at radius 3 is 2.47 bits per heavy atom. The maximum absolute atomic E-state index is 11.8. The molecule has 2 N–H and O–H groups in total. The quantitative estimate of drug-likeness (QED) is 0.847. The number of halogens is 3. The molecule has 0 saturated carbocycles. The van der Waals surface area contributed by atoms with E-state index < -0.39 is 19.2 Å². The van der Waals surface area contributed by atoms with E-state index in [2.05, 4.69) is 5.10 Å². The summed E-state index contributed by atoms with van der Waals surface area (Å²) in [7, 11) is 1.56. The van der Waals surface area contributed by atoms with Gasteiger partial charge in [-0.15, -0.1) is 0 Å². The first-order chi connectivity index (χ1) is 6.81. The Labute approximate surface area is 84.8 Å². The van der Waals surface area contributed by atoms with E-state index >= 15 is 0 Å². The van der Waals surface area contributed by atoms with Gasteiger partial charge in [0.05, 0.1) is 18.7 Å². The van der Waals surface area contributed by atoms with Gasteiger partial charge in [-0.3, -0.25) is 0 Å². The van der Waals surface area contributed by atoms with Gasteiger partial charge in [0.25, 0.3) is 0 Å². The molecule has 0 radical (unpaired) electrons. The van der Waals surface area contributed by atoms with Crippen molar-refractivity contribution in [2.45, 2.75) is 19.5 Å². The Hall–Kier alpha value is -1.40. The van der Waals surface area contributed by atoms with Crippen LogP contribution in [0.15, 0.2) is 0 Å². The van der Waals surface area contributed by atoms with Gasteiger partial charge in [-0.1, -0.05) is 0 Å². The summed E-state index contributed by atoms with van der Waals surface area (Å²) in [5.41, 5.74) is 6.38. The Balaban J connectivity index is 2.58. The normalized spacial score (nSPS) is 11.8. The zero-order valence-corrected chi connectivity index (χ0v) is 8.43. The number of hydrogen-bond acceptors (Lipinski definition) is 3. The van der Waals surface area contributed by atoms with Crippen molar-refractivity contribution in [3.8, 4) is 5.88 Å². The molecular weight excluding hydrogens is 211 g/mol. The van der Waals surface area contributed by atoms with Crippen LogP contribution >= 0.6 is 0 Å². The molecule has 0 atom stereocenters. The van der Waals surface area contributed by atoms with Gasteiger partial charge in [-0.25, -0.2) is 4.68 Å². The number of nitrogens with two attached hydrogens (primary N) is 1. The van der Waals surface area contributed by atoms with Crippen molar-refractivity contribution in [3.05, 3.63) is 5.69 Å². The zero-order valence-electron chi connectivity index (χ0n) is 8.43. The maximum Gasteiger partial charge on any atom is 0.392 e. The number of hydrogen-bond donors (Lipinski definition) is 1. The van der Waals surface area contributed by atoms with Crippen LogP contribution in [0.3, 0.4) is 0 Å². The molecule has 0 saturated heterocycles. The molecule has 0 aliphatic carbocycles. The van der Waals surface area contributed by atoms with E-state index in [0.29, 0.717) is 5.69 Å². The summed E-state index contributed by atoms with van der Waals surface area (Å²) in [6, 6.07) is 0. The number of aryl methyl sites for hydroxylation is 2. The molecule has 0 amide bonds. The number of anilines is 1. The van der Waals surface area contributed by atoms with Crippen LogP contribution in [0.5, 0.6) is 5.88 Å². The molecule has 0 fully saturated rings. The molecule has 0 aliphatic rings. The summed E-state index contributed by atoms with van der Waals surface area (Å²) in [5, 5.41) is 3.91. The molecular formula is C8H12F3N3O. The van der Waals surface area contributed by atoms with Crippen molar-refractivity contribution in [3.63, 3.8) is 0 Å². The van der Waals surface area contributed by atoms with E-state index in [4.69, 9.17) is 10.5 Å². The van der Waals surface area contributed by atoms with Crippen molar-refractivity contribution in [1.82, 2.24) is 9.78 Å². The number of ether oxygens (including phenoxy) is 1. The number of alkyl halides is 3. The second-order valence-corrected chi connectivity index (χ2v) is 3.14. The predicted octanol–water partition coefficient (Wildman–Crippen LogP) is 1.64. The third-order valence-corrected chi connectivity index (χ3v) is 1.84. The molecule has 86 valence electrons. The number of nitrogen functional groups attached to an aromatic ring is 1. The Bertz CT molecular complexity index is 346. The van der Waals surface area contributed by atoms with Crippen molar-refractivity contribution >= 4 is 5.69 Å². The molecule has 15 heavy (non-hydrogen) atoms. The summed E-state index contributed by atoms with van der Waals surface area (Å²) < 4.78 is 41.7. The van der Waals surface area contributed by atoms with Crippen molar-refractivity contribution < 1.29 is 17.9 Å². The third kappa shape index (κ3) is 3.03. The van der Waals surface area contributed by atoms with Crippen LogP contribution in [0.1, 0.15) is 12.1 Å². The van der Waals surface area contributed by atoms with Crippen LogP contribution in [0, 0.1) is 6.92 Å². The van der Waals surface area contributed by atoms with Gasteiger partial charge in [0.15, 0.2) is 0 Å². The molecule has 4 nitrogen and oxygen atoms in total. The number of rotatable bonds is 3. The Morgan fingerprint density at radius 1 is 1.47 bits per heavy atom. The molecule has 0 aliphatic heterocycles. The van der Waals surface area contributed by atoms with E-state index in [1.165, 1.54) is 4.68 Å². The minimum absolute atomic E-state index is 0.178. The fourth-order valence-electron chi connectivity index (χ4n) is 1.09. The molecule has 0 unspecified atom stereocenters. The van der Waals surface area contributed by atoms with Crippen molar-refractivity contribution in [2.24, 2.45) is 7.05 Å². The minimum atomic E-state index is -4.22. The molecule has 0 spiro atoms. The van der Waals surface area contributed by atoms with E-state index in [1.54, 1.807) is 14.0 Å². The highest BCUT2D eigenvalue weighted by atomic mass is 19.4. The summed E-state index contributed by atoms with van der Waals surface area (Å²) >= 11 is 0. The third-order valence-electron chi connectivity index (χ3n) is 1.84. The highest BCUT2D eigenvalue weighted by Crippen LogP contribution is 2.25. The van der Waals surface area contributed by atoms with Crippen LogP contribution < -0.4 is 10.5 Å². The number of nitrogens with zero attached hydrogens (tertiary/aromatic N) is 2. The van der Waals surface area contributed by atoms with Crippen LogP contribution in [0.2, 0.25) is 0 Å². The second kappa shape index (κ2) is 4.00. The summed E-state index contributed by atoms with van der Waals surface area (Å²) in [6.07, 6.45) is -5.22. The largest absolute Gasteiger partial charge is 0.476 e. The van der Waals surface area contributed by atoms with Crippen molar-refractivity contribution in [1.29, 1.82) is 0 Å². The standard InChI is InChI=1S/C8H12F3N3O/c1-5-6(12)7(14(2)13-5)15-4-3-8(9,10)11/h3-4,12H2,1-2H3. The molecule has 0 bridgehead atoms. The van der Waals surface area contributed by atoms with Gasteiger partial charge >= 0.3 is 6.18 Å². The van der Waals surface area contributed by atoms with E-state index in [9.17, 15) is 13.2 Å². The monoisotopic (exact) mass is 223 g/mol. The molecule has 1 aromatic rings. The first-order valence-corrected chi connectivity index (χ1v) is 4.30. The predicted molar refractivity (Wildman–Crippen MR) is 48.5 cm³/mol. The zero-order chi connectivity index (χ0) is 11.6. The number of aromatic nitrogens is 2. The van der Waals surface area contributed by atoms with Gasteiger partial charge in [-0.2, -0.15) is 18.3 Å². The first kappa shape index (κ1) is 11.7. The summed E-state index contributed by atoms with van der Waals surface area (Å²) in [4.78, 5) is 0. The van der Waals surface area contributed by atoms with Crippen LogP contribution in [0.25, 0.3) is 0 Å². The lowest BCUT2D eigenvalue weighted by Crippen LogP contribution is -2.14. The van der Waals surface area contributed by atoms with E-state index in [0.717, 1.165) is 0 Å². The van der Waals surface area contributed by atoms with Crippen LogP contribution in [-0.2, 0) is 7.05 Å². The summed E-state index contributed by atoms with van der Waals surface area (Å²) in [5.74, 6) is 0.178. The topological polar surface area (TPSA) is 53.1 Å². The van der Waals surface area contributed by atoms with Gasteiger partial charge < -0.3 is 10.5 Å². The average molecular weight is 223 g/mol. The second-order valence-electron chi connectivity index (χ2n) is 3.14. The van der Waals surface area contributed by atoms with E-state index in [-0.39, 0.29) is 11.6 Å². The average Bonchev–Trinajstić information content (AvgIpc) is 2.29. The molecule has 1 aromatic heterocycles. The summed E-state index contributed by atoms with van der Waals surface area (Å²) in [6.45, 7) is 1.21. The SMILES string of the molecule is Cc1nn(C)c(OCCC(F)(F)F)c1N. The van der Waals surface area contributed by atoms with Gasteiger partial charge in [0.1, 0.15) is 5.69 Å². The fourth-order valence-corrected chi connectivity index (χ4v) is 1.09. The minimum Gasteiger partial charge on any atom is -0.476 e. The van der Waals surface area contributed by atoms with Crippen LogP contribution in [0.4, 0.5) is 18.9 Å². The van der Waals surface area contributed by atoms with Crippen LogP contribution in [-0.4, -0.2) is 22.6 Å². The molecule has 7 heteroatoms. The van der Waals surface area contributed by atoms with Gasteiger partial charge in [-0.05, 0) is 6.92 Å². The lowest BCUT2D eigenvalue weighted by atomic mass is 10.4. The van der Waals surface area contributed by atoms with E-state index in [1.807, 2.05) is 0 Å². The lowest BCUT2D eigenvalue weighted by Gasteiger charge is -2.08. The highest BCUT2D eigenvalue weighted by Gasteiger charge is 2.27. The highest BCUT2D eigenvalue weighted by molar-refractivity contribution is 5.52. The molecule has 1 heterocycles. The Morgan fingerprint density at radius 2 is 2.07 bits per heavy atom. The van der Waals surface area contributed by atoms with Crippen molar-refractivity contribution in [2.75, 3.05) is 12.3 Å². The van der Waals surface area contributed by atoms with Gasteiger partial charge in [0, 0.05) is 7.05 Å². The molecule has 1 rings (SSSR count). The molecule has 0 aromatic carbocycles. The van der Waals surface area contributed by atoms with Gasteiger partial charge in [0.2, 0.25) is 5.88 Å². The maximum atomic E-state index is 11.8. The Kier molecular flexibility index (Phi) is 3.11. The lowest BCUT2D eigenvalue weighted by molar-refractivity contribution is -0.139. The first-order valence-electron chi connectivity index (χ1n) is 4.30. The fraction of sp³-hybridized carbons (Fsp3) is 0.625. The smallest absolute Gasteiger partial charge is 0.392 e.